The van der Waals surface area contributed by atoms with Crippen molar-refractivity contribution in [1.29, 1.82) is 0 Å². The Morgan fingerprint density at radius 1 is 1.47 bits per heavy atom. The SMILES string of the molecule is CCn1c(C)c(C=O)c2cc(Cl)ccc21. The average Bonchev–Trinajstić information content (AvgIpc) is 2.48. The molecule has 0 aliphatic rings. The molecule has 0 N–H and O–H groups in total. The summed E-state index contributed by atoms with van der Waals surface area (Å²) in [6.07, 6.45) is 0.903. The van der Waals surface area contributed by atoms with Crippen molar-refractivity contribution < 1.29 is 4.79 Å². The number of halogens is 1. The number of aromatic nitrogens is 1. The van der Waals surface area contributed by atoms with Crippen molar-refractivity contribution in [3.05, 3.63) is 34.5 Å². The Kier molecular flexibility index (Phi) is 2.53. The quantitative estimate of drug-likeness (QED) is 0.713. The lowest BCUT2D eigenvalue weighted by Crippen LogP contribution is -1.96. The number of carbonyl (C=O) groups excluding carboxylic acids is 1. The van der Waals surface area contributed by atoms with Crippen LogP contribution in [0.15, 0.2) is 18.2 Å². The van der Waals surface area contributed by atoms with Crippen LogP contribution in [0.2, 0.25) is 5.02 Å². The maximum Gasteiger partial charge on any atom is 0.152 e. The van der Waals surface area contributed by atoms with Gasteiger partial charge in [0.05, 0.1) is 0 Å². The molecule has 0 aliphatic carbocycles. The molecule has 2 nitrogen and oxygen atoms in total. The Morgan fingerprint density at radius 3 is 2.80 bits per heavy atom. The number of hydrogen-bond donors (Lipinski definition) is 0. The fraction of sp³-hybridized carbons (Fsp3) is 0.250. The number of rotatable bonds is 2. The summed E-state index contributed by atoms with van der Waals surface area (Å²) in [5.74, 6) is 0. The van der Waals surface area contributed by atoms with Crippen molar-refractivity contribution in [1.82, 2.24) is 4.57 Å². The monoisotopic (exact) mass is 221 g/mol. The first-order valence-corrected chi connectivity index (χ1v) is 5.30. The number of hydrogen-bond acceptors (Lipinski definition) is 1. The van der Waals surface area contributed by atoms with Crippen LogP contribution < -0.4 is 0 Å². The van der Waals surface area contributed by atoms with E-state index in [0.717, 1.165) is 35.0 Å². The third-order valence-corrected chi connectivity index (χ3v) is 3.00. The Balaban J connectivity index is 2.91. The van der Waals surface area contributed by atoms with Crippen molar-refractivity contribution >= 4 is 28.8 Å². The zero-order valence-electron chi connectivity index (χ0n) is 8.75. The summed E-state index contributed by atoms with van der Waals surface area (Å²) in [7, 11) is 0. The van der Waals surface area contributed by atoms with E-state index < -0.39 is 0 Å². The average molecular weight is 222 g/mol. The summed E-state index contributed by atoms with van der Waals surface area (Å²) < 4.78 is 2.12. The van der Waals surface area contributed by atoms with Gasteiger partial charge in [0.1, 0.15) is 0 Å². The van der Waals surface area contributed by atoms with Crippen LogP contribution in [-0.4, -0.2) is 10.9 Å². The molecule has 3 heteroatoms. The zero-order chi connectivity index (χ0) is 11.0. The van der Waals surface area contributed by atoms with Gasteiger partial charge >= 0.3 is 0 Å². The summed E-state index contributed by atoms with van der Waals surface area (Å²) in [5, 5.41) is 1.61. The number of benzene rings is 1. The molecule has 0 spiro atoms. The third kappa shape index (κ3) is 1.45. The first-order chi connectivity index (χ1) is 7.19. The first kappa shape index (κ1) is 10.2. The van der Waals surface area contributed by atoms with E-state index in [1.165, 1.54) is 0 Å². The molecule has 1 aromatic heterocycles. The van der Waals surface area contributed by atoms with Crippen LogP contribution in [0.3, 0.4) is 0 Å². The summed E-state index contributed by atoms with van der Waals surface area (Å²) in [4.78, 5) is 11.0. The minimum atomic E-state index is 0.666. The highest BCUT2D eigenvalue weighted by Crippen LogP contribution is 2.27. The van der Waals surface area contributed by atoms with Gasteiger partial charge in [0.2, 0.25) is 0 Å². The Morgan fingerprint density at radius 2 is 2.20 bits per heavy atom. The lowest BCUT2D eigenvalue weighted by molar-refractivity contribution is 0.112. The zero-order valence-corrected chi connectivity index (χ0v) is 9.51. The van der Waals surface area contributed by atoms with Crippen LogP contribution in [-0.2, 0) is 6.54 Å². The Labute approximate surface area is 93.5 Å². The molecule has 15 heavy (non-hydrogen) atoms. The van der Waals surface area contributed by atoms with Crippen LogP contribution in [0.1, 0.15) is 23.0 Å². The minimum Gasteiger partial charge on any atom is -0.344 e. The topological polar surface area (TPSA) is 22.0 Å². The van der Waals surface area contributed by atoms with Crippen LogP contribution in [0.25, 0.3) is 10.9 Å². The summed E-state index contributed by atoms with van der Waals surface area (Å²) in [5.41, 5.74) is 2.82. The van der Waals surface area contributed by atoms with Gasteiger partial charge in [0, 0.05) is 33.7 Å². The largest absolute Gasteiger partial charge is 0.344 e. The fourth-order valence-corrected chi connectivity index (χ4v) is 2.21. The molecule has 0 unspecified atom stereocenters. The van der Waals surface area contributed by atoms with Gasteiger partial charge in [-0.1, -0.05) is 11.6 Å². The Hall–Kier alpha value is -1.28. The molecule has 0 radical (unpaired) electrons. The summed E-state index contributed by atoms with van der Waals surface area (Å²) in [6.45, 7) is 4.88. The molecule has 0 saturated carbocycles. The van der Waals surface area contributed by atoms with Gasteiger partial charge in [0.25, 0.3) is 0 Å². The van der Waals surface area contributed by atoms with Gasteiger partial charge in [-0.05, 0) is 32.0 Å². The normalized spacial score (nSPS) is 10.9. The molecule has 0 amide bonds. The van der Waals surface area contributed by atoms with Gasteiger partial charge in [-0.3, -0.25) is 4.79 Å². The molecule has 2 aromatic rings. The Bertz CT molecular complexity index is 528. The van der Waals surface area contributed by atoms with E-state index in [9.17, 15) is 4.79 Å². The molecular formula is C12H12ClNO. The predicted molar refractivity (Wildman–Crippen MR) is 62.7 cm³/mol. The lowest BCUT2D eigenvalue weighted by atomic mass is 10.1. The summed E-state index contributed by atoms with van der Waals surface area (Å²) >= 11 is 5.93. The number of aldehydes is 1. The number of aryl methyl sites for hydroxylation is 1. The maximum atomic E-state index is 11.0. The minimum absolute atomic E-state index is 0.666. The molecule has 1 heterocycles. The molecule has 78 valence electrons. The van der Waals surface area contributed by atoms with Crippen LogP contribution in [0.4, 0.5) is 0 Å². The van der Waals surface area contributed by atoms with E-state index in [1.54, 1.807) is 0 Å². The van der Waals surface area contributed by atoms with E-state index in [2.05, 4.69) is 11.5 Å². The predicted octanol–water partition coefficient (Wildman–Crippen LogP) is 3.44. The van der Waals surface area contributed by atoms with Crippen molar-refractivity contribution in [3.63, 3.8) is 0 Å². The van der Waals surface area contributed by atoms with E-state index in [0.29, 0.717) is 5.02 Å². The van der Waals surface area contributed by atoms with Gasteiger partial charge in [-0.2, -0.15) is 0 Å². The van der Waals surface area contributed by atoms with Gasteiger partial charge in [-0.25, -0.2) is 0 Å². The first-order valence-electron chi connectivity index (χ1n) is 4.92. The van der Waals surface area contributed by atoms with E-state index >= 15 is 0 Å². The second kappa shape index (κ2) is 3.70. The van der Waals surface area contributed by atoms with E-state index in [-0.39, 0.29) is 0 Å². The molecular weight excluding hydrogens is 210 g/mol. The van der Waals surface area contributed by atoms with E-state index in [1.807, 2.05) is 25.1 Å². The number of fused-ring (bicyclic) bond motifs is 1. The van der Waals surface area contributed by atoms with Crippen molar-refractivity contribution in [3.8, 4) is 0 Å². The molecule has 1 aromatic carbocycles. The molecule has 0 atom stereocenters. The van der Waals surface area contributed by atoms with Gasteiger partial charge in [0.15, 0.2) is 6.29 Å². The number of nitrogens with zero attached hydrogens (tertiary/aromatic N) is 1. The maximum absolute atomic E-state index is 11.0. The standard InChI is InChI=1S/C12H12ClNO/c1-3-14-8(2)11(7-15)10-6-9(13)4-5-12(10)14/h4-7H,3H2,1-2H3. The lowest BCUT2D eigenvalue weighted by Gasteiger charge is -2.03. The molecule has 0 aliphatic heterocycles. The highest BCUT2D eigenvalue weighted by Gasteiger charge is 2.12. The molecule has 0 saturated heterocycles. The van der Waals surface area contributed by atoms with Crippen molar-refractivity contribution in [2.24, 2.45) is 0 Å². The van der Waals surface area contributed by atoms with Gasteiger partial charge < -0.3 is 4.57 Å². The third-order valence-electron chi connectivity index (χ3n) is 2.77. The fourth-order valence-electron chi connectivity index (χ4n) is 2.04. The smallest absolute Gasteiger partial charge is 0.152 e. The highest BCUT2D eigenvalue weighted by molar-refractivity contribution is 6.31. The van der Waals surface area contributed by atoms with Crippen LogP contribution >= 0.6 is 11.6 Å². The second-order valence-corrected chi connectivity index (χ2v) is 3.96. The molecule has 2 rings (SSSR count). The van der Waals surface area contributed by atoms with Crippen molar-refractivity contribution in [2.45, 2.75) is 20.4 Å². The second-order valence-electron chi connectivity index (χ2n) is 3.52. The van der Waals surface area contributed by atoms with Crippen LogP contribution in [0.5, 0.6) is 0 Å². The van der Waals surface area contributed by atoms with Crippen LogP contribution in [0, 0.1) is 6.92 Å². The molecule has 0 bridgehead atoms. The van der Waals surface area contributed by atoms with Crippen molar-refractivity contribution in [2.75, 3.05) is 0 Å². The summed E-state index contributed by atoms with van der Waals surface area (Å²) in [6, 6.07) is 5.66. The van der Waals surface area contributed by atoms with Gasteiger partial charge in [-0.15, -0.1) is 0 Å². The van der Waals surface area contributed by atoms with E-state index in [4.69, 9.17) is 11.6 Å². The number of carbonyl (C=O) groups is 1. The molecule has 0 fully saturated rings. The highest BCUT2D eigenvalue weighted by atomic mass is 35.5.